The monoisotopic (exact) mass is 416 g/mol. The fourth-order valence-corrected chi connectivity index (χ4v) is 2.99. The van der Waals surface area contributed by atoms with E-state index < -0.39 is 5.91 Å². The van der Waals surface area contributed by atoms with Gasteiger partial charge in [0.1, 0.15) is 24.0 Å². The molecule has 3 aromatic rings. The second-order valence-electron chi connectivity index (χ2n) is 6.88. The molecule has 0 aliphatic rings. The Labute approximate surface area is 181 Å². The third-order valence-corrected chi connectivity index (χ3v) is 5.02. The Bertz CT molecular complexity index is 1150. The molecule has 3 rings (SSSR count). The Kier molecular flexibility index (Phi) is 6.90. The van der Waals surface area contributed by atoms with E-state index in [1.807, 2.05) is 80.6 Å². The number of halogens is 1. The fourth-order valence-electron chi connectivity index (χ4n) is 2.80. The molecule has 0 atom stereocenters. The first kappa shape index (κ1) is 21.2. The average Bonchev–Trinajstić information content (AvgIpc) is 2.74. The molecular weight excluding hydrogens is 396 g/mol. The number of nitrogens with zero attached hydrogens (tertiary/aromatic N) is 1. The van der Waals surface area contributed by atoms with E-state index in [-0.39, 0.29) is 5.57 Å². The topological polar surface area (TPSA) is 62.1 Å². The third-order valence-electron chi connectivity index (χ3n) is 4.65. The lowest BCUT2D eigenvalue weighted by molar-refractivity contribution is -0.112. The molecule has 5 heteroatoms. The van der Waals surface area contributed by atoms with Crippen molar-refractivity contribution in [3.63, 3.8) is 0 Å². The van der Waals surface area contributed by atoms with Gasteiger partial charge in [0.05, 0.1) is 0 Å². The molecule has 0 saturated carbocycles. The number of benzene rings is 3. The fraction of sp³-hybridized carbons (Fsp3) is 0.120. The van der Waals surface area contributed by atoms with Crippen molar-refractivity contribution >= 4 is 29.3 Å². The van der Waals surface area contributed by atoms with Crippen LogP contribution in [-0.4, -0.2) is 5.91 Å². The molecular formula is C25H21ClN2O2. The van der Waals surface area contributed by atoms with E-state index in [9.17, 15) is 10.1 Å². The van der Waals surface area contributed by atoms with E-state index in [1.54, 1.807) is 12.1 Å². The van der Waals surface area contributed by atoms with Gasteiger partial charge < -0.3 is 10.1 Å². The average molecular weight is 417 g/mol. The lowest BCUT2D eigenvalue weighted by Gasteiger charge is -2.09. The van der Waals surface area contributed by atoms with Crippen molar-refractivity contribution in [1.82, 2.24) is 0 Å². The number of hydrogen-bond donors (Lipinski definition) is 1. The minimum Gasteiger partial charge on any atom is -0.489 e. The quantitative estimate of drug-likeness (QED) is 0.391. The van der Waals surface area contributed by atoms with Gasteiger partial charge >= 0.3 is 0 Å². The summed E-state index contributed by atoms with van der Waals surface area (Å²) in [6, 6.07) is 22.3. The zero-order valence-corrected chi connectivity index (χ0v) is 17.5. The summed E-state index contributed by atoms with van der Waals surface area (Å²) in [6.45, 7) is 4.30. The van der Waals surface area contributed by atoms with Crippen LogP contribution < -0.4 is 10.1 Å². The van der Waals surface area contributed by atoms with Crippen molar-refractivity contribution in [2.24, 2.45) is 0 Å². The van der Waals surface area contributed by atoms with E-state index in [2.05, 4.69) is 5.32 Å². The van der Waals surface area contributed by atoms with Crippen molar-refractivity contribution < 1.29 is 9.53 Å². The molecule has 0 spiro atoms. The standard InChI is InChI=1S/C25H21ClN2O2/c1-17-10-11-22(12-18(17)2)28-25(29)21(15-27)13-19-6-5-8-23(14-19)30-16-20-7-3-4-9-24(20)26/h3-14H,16H2,1-2H3,(H,28,29)/b21-13+. The second kappa shape index (κ2) is 9.78. The molecule has 1 amide bonds. The number of nitrogens with one attached hydrogen (secondary N) is 1. The number of carbonyl (C=O) groups is 1. The summed E-state index contributed by atoms with van der Waals surface area (Å²) in [4.78, 5) is 12.5. The van der Waals surface area contributed by atoms with Crippen molar-refractivity contribution in [2.75, 3.05) is 5.32 Å². The van der Waals surface area contributed by atoms with E-state index in [0.717, 1.165) is 16.7 Å². The predicted molar refractivity (Wildman–Crippen MR) is 120 cm³/mol. The van der Waals surface area contributed by atoms with Crippen LogP contribution in [0.3, 0.4) is 0 Å². The van der Waals surface area contributed by atoms with Crippen LogP contribution in [0, 0.1) is 25.2 Å². The Balaban J connectivity index is 1.73. The molecule has 4 nitrogen and oxygen atoms in total. The zero-order chi connectivity index (χ0) is 21.5. The third kappa shape index (κ3) is 5.50. The maximum absolute atomic E-state index is 12.5. The summed E-state index contributed by atoms with van der Waals surface area (Å²) in [7, 11) is 0. The van der Waals surface area contributed by atoms with Crippen molar-refractivity contribution in [3.05, 3.63) is 99.6 Å². The maximum atomic E-state index is 12.5. The number of anilines is 1. The van der Waals surface area contributed by atoms with Gasteiger partial charge in [0.2, 0.25) is 0 Å². The Morgan fingerprint density at radius 3 is 2.60 bits per heavy atom. The molecule has 0 bridgehead atoms. The van der Waals surface area contributed by atoms with Gasteiger partial charge in [0.15, 0.2) is 0 Å². The molecule has 3 aromatic carbocycles. The van der Waals surface area contributed by atoms with Gasteiger partial charge in [0, 0.05) is 16.3 Å². The SMILES string of the molecule is Cc1ccc(NC(=O)/C(C#N)=C/c2cccc(OCc3ccccc3Cl)c2)cc1C. The molecule has 1 N–H and O–H groups in total. The molecule has 0 aliphatic carbocycles. The summed E-state index contributed by atoms with van der Waals surface area (Å²) in [5, 5.41) is 12.9. The summed E-state index contributed by atoms with van der Waals surface area (Å²) in [5.41, 5.74) is 4.44. The number of ether oxygens (including phenoxy) is 1. The smallest absolute Gasteiger partial charge is 0.266 e. The Hall–Kier alpha value is -3.55. The number of hydrogen-bond acceptors (Lipinski definition) is 3. The van der Waals surface area contributed by atoms with Gasteiger partial charge in [0.25, 0.3) is 5.91 Å². The van der Waals surface area contributed by atoms with E-state index in [4.69, 9.17) is 16.3 Å². The molecule has 0 radical (unpaired) electrons. The number of nitriles is 1. The zero-order valence-electron chi connectivity index (χ0n) is 16.8. The normalized spacial score (nSPS) is 10.9. The first-order chi connectivity index (χ1) is 14.5. The summed E-state index contributed by atoms with van der Waals surface area (Å²) in [6.07, 6.45) is 1.54. The van der Waals surface area contributed by atoms with Gasteiger partial charge in [-0.25, -0.2) is 0 Å². The minimum absolute atomic E-state index is 0.0106. The molecule has 0 unspecified atom stereocenters. The van der Waals surface area contributed by atoms with Gasteiger partial charge in [-0.2, -0.15) is 5.26 Å². The van der Waals surface area contributed by atoms with Crippen LogP contribution in [0.2, 0.25) is 5.02 Å². The molecule has 150 valence electrons. The van der Waals surface area contributed by atoms with E-state index in [1.165, 1.54) is 0 Å². The largest absolute Gasteiger partial charge is 0.489 e. The van der Waals surface area contributed by atoms with Crippen LogP contribution in [-0.2, 0) is 11.4 Å². The minimum atomic E-state index is -0.455. The van der Waals surface area contributed by atoms with Crippen LogP contribution >= 0.6 is 11.6 Å². The van der Waals surface area contributed by atoms with Crippen molar-refractivity contribution in [1.29, 1.82) is 5.26 Å². The first-order valence-corrected chi connectivity index (χ1v) is 9.81. The van der Waals surface area contributed by atoms with Crippen molar-refractivity contribution in [2.45, 2.75) is 20.5 Å². The number of amides is 1. The van der Waals surface area contributed by atoms with Crippen LogP contribution in [0.25, 0.3) is 6.08 Å². The van der Waals surface area contributed by atoms with Gasteiger partial charge in [-0.05, 0) is 66.9 Å². The number of aryl methyl sites for hydroxylation is 2. The van der Waals surface area contributed by atoms with Gasteiger partial charge in [-0.3, -0.25) is 4.79 Å². The second-order valence-corrected chi connectivity index (χ2v) is 7.28. The molecule has 0 heterocycles. The summed E-state index contributed by atoms with van der Waals surface area (Å²) >= 11 is 6.16. The van der Waals surface area contributed by atoms with Crippen LogP contribution in [0.15, 0.2) is 72.3 Å². The van der Waals surface area contributed by atoms with E-state index in [0.29, 0.717) is 28.6 Å². The maximum Gasteiger partial charge on any atom is 0.266 e. The lowest BCUT2D eigenvalue weighted by Crippen LogP contribution is -2.13. The number of rotatable bonds is 6. The Morgan fingerprint density at radius 2 is 1.87 bits per heavy atom. The van der Waals surface area contributed by atoms with Crippen LogP contribution in [0.1, 0.15) is 22.3 Å². The summed E-state index contributed by atoms with van der Waals surface area (Å²) in [5.74, 6) is 0.165. The molecule has 0 aromatic heterocycles. The predicted octanol–water partition coefficient (Wildman–Crippen LogP) is 6.08. The highest BCUT2D eigenvalue weighted by atomic mass is 35.5. The Morgan fingerprint density at radius 1 is 1.07 bits per heavy atom. The van der Waals surface area contributed by atoms with Crippen molar-refractivity contribution in [3.8, 4) is 11.8 Å². The molecule has 0 saturated heterocycles. The molecule has 0 aliphatic heterocycles. The highest BCUT2D eigenvalue weighted by molar-refractivity contribution is 6.31. The highest BCUT2D eigenvalue weighted by Crippen LogP contribution is 2.21. The van der Waals surface area contributed by atoms with E-state index >= 15 is 0 Å². The first-order valence-electron chi connectivity index (χ1n) is 9.43. The molecule has 0 fully saturated rings. The van der Waals surface area contributed by atoms with Crippen LogP contribution in [0.5, 0.6) is 5.75 Å². The summed E-state index contributed by atoms with van der Waals surface area (Å²) < 4.78 is 5.81. The highest BCUT2D eigenvalue weighted by Gasteiger charge is 2.10. The van der Waals surface area contributed by atoms with Crippen LogP contribution in [0.4, 0.5) is 5.69 Å². The molecule has 30 heavy (non-hydrogen) atoms. The lowest BCUT2D eigenvalue weighted by atomic mass is 10.1. The number of carbonyl (C=O) groups excluding carboxylic acids is 1. The van der Waals surface area contributed by atoms with Gasteiger partial charge in [-0.15, -0.1) is 0 Å². The van der Waals surface area contributed by atoms with Gasteiger partial charge in [-0.1, -0.05) is 48.0 Å².